The van der Waals surface area contributed by atoms with E-state index < -0.39 is 6.03 Å². The summed E-state index contributed by atoms with van der Waals surface area (Å²) in [5.41, 5.74) is 1.33. The number of nitrogens with one attached hydrogen (secondary N) is 1. The second-order valence-corrected chi connectivity index (χ2v) is 9.55. The number of aryl methyl sites for hydroxylation is 1. The summed E-state index contributed by atoms with van der Waals surface area (Å²) < 4.78 is 18.5. The number of halogens is 2. The number of anilines is 1. The van der Waals surface area contributed by atoms with Gasteiger partial charge in [0.25, 0.3) is 0 Å². The summed E-state index contributed by atoms with van der Waals surface area (Å²) in [7, 11) is 1.54. The van der Waals surface area contributed by atoms with Gasteiger partial charge < -0.3 is 19.9 Å². The van der Waals surface area contributed by atoms with Gasteiger partial charge >= 0.3 is 6.03 Å². The van der Waals surface area contributed by atoms with E-state index in [1.54, 1.807) is 52.6 Å². The lowest BCUT2D eigenvalue weighted by molar-refractivity contribution is -0.133. The summed E-state index contributed by atoms with van der Waals surface area (Å²) in [6, 6.07) is 16.4. The zero-order chi connectivity index (χ0) is 24.5. The zero-order valence-corrected chi connectivity index (χ0v) is 20.7. The summed E-state index contributed by atoms with van der Waals surface area (Å²) >= 11 is 7.62. The number of benzene rings is 2. The van der Waals surface area contributed by atoms with Crippen molar-refractivity contribution in [2.75, 3.05) is 32.1 Å². The maximum Gasteiger partial charge on any atom is 0.322 e. The first-order valence-corrected chi connectivity index (χ1v) is 11.9. The Hall–Kier alpha value is -2.94. The topological polar surface area (TPSA) is 61.9 Å². The predicted molar refractivity (Wildman–Crippen MR) is 134 cm³/mol. The molecule has 0 saturated heterocycles. The number of hydrogen-bond acceptors (Lipinski definition) is 4. The van der Waals surface area contributed by atoms with Crippen LogP contribution < -0.4 is 5.32 Å². The van der Waals surface area contributed by atoms with Gasteiger partial charge in [-0.25, -0.2) is 9.18 Å². The van der Waals surface area contributed by atoms with E-state index in [0.29, 0.717) is 23.8 Å². The third-order valence-electron chi connectivity index (χ3n) is 5.04. The monoisotopic (exact) mass is 503 g/mol. The van der Waals surface area contributed by atoms with E-state index >= 15 is 0 Å². The minimum atomic E-state index is -0.429. The fraction of sp³-hybridized carbons (Fsp3) is 0.280. The van der Waals surface area contributed by atoms with Gasteiger partial charge in [-0.3, -0.25) is 4.79 Å². The first-order valence-electron chi connectivity index (χ1n) is 10.7. The summed E-state index contributed by atoms with van der Waals surface area (Å²) in [6.07, 6.45) is 0. The number of thiophene rings is 1. The molecule has 0 aliphatic carbocycles. The van der Waals surface area contributed by atoms with Gasteiger partial charge in [-0.2, -0.15) is 0 Å². The normalized spacial score (nSPS) is 10.7. The average molecular weight is 504 g/mol. The van der Waals surface area contributed by atoms with E-state index in [2.05, 4.69) is 5.32 Å². The van der Waals surface area contributed by atoms with Crippen LogP contribution in [0.2, 0.25) is 5.02 Å². The second kappa shape index (κ2) is 12.5. The van der Waals surface area contributed by atoms with Crippen LogP contribution in [-0.2, 0) is 22.6 Å². The average Bonchev–Trinajstić information content (AvgIpc) is 3.22. The van der Waals surface area contributed by atoms with Gasteiger partial charge in [-0.05, 0) is 55.0 Å². The molecule has 0 saturated carbocycles. The van der Waals surface area contributed by atoms with E-state index in [0.717, 1.165) is 15.3 Å². The molecule has 1 aromatic heterocycles. The standard InChI is InChI=1S/C25H27ClFN3O3S/c1-18-6-11-23(34-18)16-30(15-19-7-9-21(27)10-8-19)24(31)17-29(12-13-33-2)25(32)28-22-5-3-4-20(26)14-22/h3-11,14H,12-13,15-17H2,1-2H3,(H,28,32). The Bertz CT molecular complexity index is 1110. The quantitative estimate of drug-likeness (QED) is 0.394. The van der Waals surface area contributed by atoms with Gasteiger partial charge in [0, 0.05) is 40.7 Å². The molecule has 0 bridgehead atoms. The van der Waals surface area contributed by atoms with E-state index in [-0.39, 0.29) is 31.4 Å². The molecule has 0 aliphatic heterocycles. The molecule has 2 aromatic carbocycles. The van der Waals surface area contributed by atoms with Crippen LogP contribution in [0.25, 0.3) is 0 Å². The van der Waals surface area contributed by atoms with E-state index in [1.165, 1.54) is 24.1 Å². The summed E-state index contributed by atoms with van der Waals surface area (Å²) in [5.74, 6) is -0.563. The Kier molecular flexibility index (Phi) is 9.44. The van der Waals surface area contributed by atoms with Crippen LogP contribution in [0.1, 0.15) is 15.3 Å². The molecule has 3 aromatic rings. The van der Waals surface area contributed by atoms with Gasteiger partial charge in [-0.1, -0.05) is 29.8 Å². The number of rotatable bonds is 10. The number of carbonyl (C=O) groups excluding carboxylic acids is 2. The fourth-order valence-corrected chi connectivity index (χ4v) is 4.38. The number of amides is 3. The van der Waals surface area contributed by atoms with Crippen molar-refractivity contribution in [2.24, 2.45) is 0 Å². The molecule has 0 radical (unpaired) electrons. The highest BCUT2D eigenvalue weighted by atomic mass is 35.5. The Morgan fingerprint density at radius 2 is 1.82 bits per heavy atom. The second-order valence-electron chi connectivity index (χ2n) is 7.74. The van der Waals surface area contributed by atoms with Gasteiger partial charge in [0.1, 0.15) is 12.4 Å². The summed E-state index contributed by atoms with van der Waals surface area (Å²) in [4.78, 5) is 31.6. The molecule has 6 nitrogen and oxygen atoms in total. The minimum absolute atomic E-state index is 0.138. The molecule has 3 rings (SSSR count). The van der Waals surface area contributed by atoms with Gasteiger partial charge in [0.2, 0.25) is 5.91 Å². The predicted octanol–water partition coefficient (Wildman–Crippen LogP) is 5.56. The minimum Gasteiger partial charge on any atom is -0.383 e. The van der Waals surface area contributed by atoms with Crippen LogP contribution in [0.4, 0.5) is 14.9 Å². The van der Waals surface area contributed by atoms with E-state index in [9.17, 15) is 14.0 Å². The largest absolute Gasteiger partial charge is 0.383 e. The summed E-state index contributed by atoms with van der Waals surface area (Å²) in [6.45, 7) is 3.07. The maximum atomic E-state index is 13.4. The van der Waals surface area contributed by atoms with Crippen LogP contribution in [0, 0.1) is 12.7 Å². The van der Waals surface area contributed by atoms with E-state index in [4.69, 9.17) is 16.3 Å². The van der Waals surface area contributed by atoms with Crippen LogP contribution >= 0.6 is 22.9 Å². The van der Waals surface area contributed by atoms with Crippen LogP contribution in [0.3, 0.4) is 0 Å². The third-order valence-corrected chi connectivity index (χ3v) is 6.26. The molecule has 1 heterocycles. The lowest BCUT2D eigenvalue weighted by atomic mass is 10.2. The SMILES string of the molecule is COCCN(CC(=O)N(Cc1ccc(F)cc1)Cc1ccc(C)s1)C(=O)Nc1cccc(Cl)c1. The lowest BCUT2D eigenvalue weighted by Gasteiger charge is -2.27. The number of carbonyl (C=O) groups is 2. The van der Waals surface area contributed by atoms with E-state index in [1.807, 2.05) is 19.1 Å². The number of hydrogen-bond donors (Lipinski definition) is 1. The molecular weight excluding hydrogens is 477 g/mol. The van der Waals surface area contributed by atoms with Crippen molar-refractivity contribution in [3.8, 4) is 0 Å². The highest BCUT2D eigenvalue weighted by Crippen LogP contribution is 2.20. The zero-order valence-electron chi connectivity index (χ0n) is 19.1. The first-order chi connectivity index (χ1) is 16.3. The van der Waals surface area contributed by atoms with Gasteiger partial charge in [0.05, 0.1) is 13.2 Å². The smallest absolute Gasteiger partial charge is 0.322 e. The molecule has 0 unspecified atom stereocenters. The molecule has 0 aliphatic rings. The molecule has 0 spiro atoms. The fourth-order valence-electron chi connectivity index (χ4n) is 3.29. The van der Waals surface area contributed by atoms with Gasteiger partial charge in [-0.15, -0.1) is 11.3 Å². The molecule has 180 valence electrons. The number of nitrogens with zero attached hydrogens (tertiary/aromatic N) is 2. The number of ether oxygens (including phenoxy) is 1. The van der Waals surface area contributed by atoms with Crippen molar-refractivity contribution < 1.29 is 18.7 Å². The van der Waals surface area contributed by atoms with Crippen LogP contribution in [0.15, 0.2) is 60.7 Å². The number of methoxy groups -OCH3 is 1. The van der Waals surface area contributed by atoms with Crippen molar-refractivity contribution in [1.29, 1.82) is 0 Å². The molecule has 0 fully saturated rings. The Morgan fingerprint density at radius 1 is 1.06 bits per heavy atom. The molecular formula is C25H27ClFN3O3S. The van der Waals surface area contributed by atoms with Crippen molar-refractivity contribution >= 4 is 40.6 Å². The lowest BCUT2D eigenvalue weighted by Crippen LogP contribution is -2.45. The third kappa shape index (κ3) is 7.83. The molecule has 3 amide bonds. The maximum absolute atomic E-state index is 13.4. The van der Waals surface area contributed by atoms with Crippen molar-refractivity contribution in [3.05, 3.63) is 86.8 Å². The molecule has 34 heavy (non-hydrogen) atoms. The van der Waals surface area contributed by atoms with Crippen molar-refractivity contribution in [2.45, 2.75) is 20.0 Å². The highest BCUT2D eigenvalue weighted by Gasteiger charge is 2.22. The Labute approximate surface area is 207 Å². The first kappa shape index (κ1) is 25.7. The van der Waals surface area contributed by atoms with Crippen LogP contribution in [-0.4, -0.2) is 48.5 Å². The van der Waals surface area contributed by atoms with Crippen molar-refractivity contribution in [3.63, 3.8) is 0 Å². The van der Waals surface area contributed by atoms with Crippen LogP contribution in [0.5, 0.6) is 0 Å². The van der Waals surface area contributed by atoms with Crippen molar-refractivity contribution in [1.82, 2.24) is 9.80 Å². The summed E-state index contributed by atoms with van der Waals surface area (Å²) in [5, 5.41) is 3.28. The Balaban J connectivity index is 1.76. The molecule has 9 heteroatoms. The number of urea groups is 1. The Morgan fingerprint density at radius 3 is 2.47 bits per heavy atom. The molecule has 0 atom stereocenters. The highest BCUT2D eigenvalue weighted by molar-refractivity contribution is 7.11. The molecule has 1 N–H and O–H groups in total. The van der Waals surface area contributed by atoms with Gasteiger partial charge in [0.15, 0.2) is 0 Å².